The van der Waals surface area contributed by atoms with E-state index in [2.05, 4.69) is 0 Å². The molecule has 0 saturated carbocycles. The molecule has 7 heteroatoms. The molecule has 0 amide bonds. The molecule has 0 fully saturated rings. The summed E-state index contributed by atoms with van der Waals surface area (Å²) in [6, 6.07) is 0. The minimum absolute atomic E-state index is 0.0514. The van der Waals surface area contributed by atoms with Crippen LogP contribution in [0, 0.1) is 0 Å². The zero-order chi connectivity index (χ0) is 15.0. The molecule has 0 aromatic heterocycles. The molecule has 0 radical (unpaired) electrons. The van der Waals surface area contributed by atoms with Gasteiger partial charge in [0.15, 0.2) is 12.4 Å². The highest BCUT2D eigenvalue weighted by Crippen LogP contribution is 2.13. The van der Waals surface area contributed by atoms with E-state index in [9.17, 15) is 19.2 Å². The molecule has 0 aliphatic rings. The van der Waals surface area contributed by atoms with Crippen molar-refractivity contribution >= 4 is 24.2 Å². The molecule has 19 heavy (non-hydrogen) atoms. The number of ether oxygens (including phenoxy) is 3. The summed E-state index contributed by atoms with van der Waals surface area (Å²) in [4.78, 5) is 43.5. The fourth-order valence-corrected chi connectivity index (χ4v) is 1.50. The number of rotatable bonds is 7. The van der Waals surface area contributed by atoms with Crippen LogP contribution in [0.2, 0.25) is 0 Å². The van der Waals surface area contributed by atoms with Crippen molar-refractivity contribution in [3.05, 3.63) is 0 Å². The van der Waals surface area contributed by atoms with E-state index in [-0.39, 0.29) is 6.42 Å². The largest absolute Gasteiger partial charge is 0.463 e. The number of hydrogen-bond acceptors (Lipinski definition) is 7. The molecule has 3 atom stereocenters. The van der Waals surface area contributed by atoms with E-state index in [4.69, 9.17) is 14.2 Å². The van der Waals surface area contributed by atoms with Crippen LogP contribution < -0.4 is 0 Å². The van der Waals surface area contributed by atoms with Crippen molar-refractivity contribution in [3.63, 3.8) is 0 Å². The van der Waals surface area contributed by atoms with E-state index in [1.165, 1.54) is 13.8 Å². The Balaban J connectivity index is 4.76. The topological polar surface area (TPSA) is 96.0 Å². The Morgan fingerprint density at radius 2 is 1.42 bits per heavy atom. The Labute approximate surface area is 111 Å². The third kappa shape index (κ3) is 7.91. The maximum absolute atomic E-state index is 11.0. The second kappa shape index (κ2) is 8.23. The molecule has 0 rings (SSSR count). The van der Waals surface area contributed by atoms with Crippen molar-refractivity contribution in [2.45, 2.75) is 52.4 Å². The fraction of sp³-hybridized carbons (Fsp3) is 0.667. The minimum atomic E-state index is -1.22. The van der Waals surface area contributed by atoms with Gasteiger partial charge < -0.3 is 14.2 Å². The van der Waals surface area contributed by atoms with Gasteiger partial charge in [-0.2, -0.15) is 0 Å². The maximum Gasteiger partial charge on any atom is 0.303 e. The average Bonchev–Trinajstić information content (AvgIpc) is 2.22. The van der Waals surface area contributed by atoms with Crippen molar-refractivity contribution in [2.24, 2.45) is 0 Å². The van der Waals surface area contributed by atoms with Crippen molar-refractivity contribution < 1.29 is 33.4 Å². The van der Waals surface area contributed by atoms with Crippen LogP contribution in [-0.4, -0.2) is 42.5 Å². The van der Waals surface area contributed by atoms with Gasteiger partial charge in [0, 0.05) is 27.2 Å². The lowest BCUT2D eigenvalue weighted by atomic mass is 10.1. The second-order valence-corrected chi connectivity index (χ2v) is 4.01. The SMILES string of the molecule is CC(=O)O[C@@H](C)C[C@@H](OC(C)=O)[C@@H](C=O)OC(C)=O. The van der Waals surface area contributed by atoms with Gasteiger partial charge in [0.2, 0.25) is 0 Å². The highest BCUT2D eigenvalue weighted by molar-refractivity contribution is 5.71. The first-order chi connectivity index (χ1) is 8.76. The number of esters is 3. The summed E-state index contributed by atoms with van der Waals surface area (Å²) in [5, 5.41) is 0. The molecule has 0 aliphatic heterocycles. The smallest absolute Gasteiger partial charge is 0.303 e. The van der Waals surface area contributed by atoms with E-state index in [0.29, 0.717) is 6.29 Å². The first kappa shape index (κ1) is 17.1. The Hall–Kier alpha value is -1.92. The molecule has 0 heterocycles. The highest BCUT2D eigenvalue weighted by Gasteiger charge is 2.29. The molecule has 0 spiro atoms. The molecule has 0 unspecified atom stereocenters. The van der Waals surface area contributed by atoms with Crippen LogP contribution in [0.3, 0.4) is 0 Å². The zero-order valence-corrected chi connectivity index (χ0v) is 11.4. The molecule has 0 aromatic rings. The Morgan fingerprint density at radius 3 is 1.79 bits per heavy atom. The second-order valence-electron chi connectivity index (χ2n) is 4.01. The van der Waals surface area contributed by atoms with Crippen LogP contribution in [0.4, 0.5) is 0 Å². The molecular formula is C12H18O7. The Morgan fingerprint density at radius 1 is 0.947 bits per heavy atom. The molecule has 0 bridgehead atoms. The molecule has 0 N–H and O–H groups in total. The summed E-state index contributed by atoms with van der Waals surface area (Å²) in [5.74, 6) is -1.79. The molecule has 0 saturated heterocycles. The zero-order valence-electron chi connectivity index (χ0n) is 11.4. The number of hydrogen-bond donors (Lipinski definition) is 0. The van der Waals surface area contributed by atoms with E-state index in [1.54, 1.807) is 6.92 Å². The number of carbonyl (C=O) groups is 4. The Bertz CT molecular complexity index is 350. The van der Waals surface area contributed by atoms with Crippen LogP contribution >= 0.6 is 0 Å². The van der Waals surface area contributed by atoms with Gasteiger partial charge in [-0.25, -0.2) is 0 Å². The fourth-order valence-electron chi connectivity index (χ4n) is 1.50. The lowest BCUT2D eigenvalue weighted by molar-refractivity contribution is -0.170. The predicted octanol–water partition coefficient (Wildman–Crippen LogP) is 0.390. The van der Waals surface area contributed by atoms with Gasteiger partial charge in [-0.05, 0) is 6.92 Å². The average molecular weight is 274 g/mol. The summed E-state index contributed by atoms with van der Waals surface area (Å²) < 4.78 is 14.5. The lowest BCUT2D eigenvalue weighted by Crippen LogP contribution is -2.38. The quantitative estimate of drug-likeness (QED) is 0.376. The van der Waals surface area contributed by atoms with Gasteiger partial charge in [0.25, 0.3) is 0 Å². The molecule has 108 valence electrons. The van der Waals surface area contributed by atoms with Crippen molar-refractivity contribution in [3.8, 4) is 0 Å². The lowest BCUT2D eigenvalue weighted by Gasteiger charge is -2.24. The Kier molecular flexibility index (Phi) is 7.40. The van der Waals surface area contributed by atoms with Crippen molar-refractivity contribution in [1.82, 2.24) is 0 Å². The molecular weight excluding hydrogens is 256 g/mol. The molecule has 0 aliphatic carbocycles. The van der Waals surface area contributed by atoms with E-state index in [0.717, 1.165) is 6.92 Å². The van der Waals surface area contributed by atoms with Gasteiger partial charge >= 0.3 is 17.9 Å². The first-order valence-electron chi connectivity index (χ1n) is 5.73. The van der Waals surface area contributed by atoms with Crippen LogP contribution in [0.25, 0.3) is 0 Å². The van der Waals surface area contributed by atoms with E-state index < -0.39 is 36.2 Å². The monoisotopic (exact) mass is 274 g/mol. The van der Waals surface area contributed by atoms with Gasteiger partial charge in [-0.1, -0.05) is 0 Å². The number of carbonyl (C=O) groups excluding carboxylic acids is 4. The third-order valence-corrected chi connectivity index (χ3v) is 2.05. The summed E-state index contributed by atoms with van der Waals surface area (Å²) >= 11 is 0. The summed E-state index contributed by atoms with van der Waals surface area (Å²) in [5.41, 5.74) is 0. The van der Waals surface area contributed by atoms with Crippen LogP contribution in [0.15, 0.2) is 0 Å². The minimum Gasteiger partial charge on any atom is -0.463 e. The standard InChI is InChI=1S/C12H18O7/c1-7(17-8(2)14)5-11(18-9(3)15)12(6-13)19-10(4)16/h6-7,11-12H,5H2,1-4H3/t7-,11+,12+/m0/s1. The maximum atomic E-state index is 11.0. The normalized spacial score (nSPS) is 14.7. The van der Waals surface area contributed by atoms with Gasteiger partial charge in [-0.3, -0.25) is 19.2 Å². The molecule has 7 nitrogen and oxygen atoms in total. The summed E-state index contributed by atoms with van der Waals surface area (Å²) in [6.45, 7) is 5.12. The van der Waals surface area contributed by atoms with Crippen LogP contribution in [-0.2, 0) is 33.4 Å². The van der Waals surface area contributed by atoms with Gasteiger partial charge in [-0.15, -0.1) is 0 Å². The van der Waals surface area contributed by atoms with Crippen molar-refractivity contribution in [2.75, 3.05) is 0 Å². The highest BCUT2D eigenvalue weighted by atomic mass is 16.6. The third-order valence-electron chi connectivity index (χ3n) is 2.05. The van der Waals surface area contributed by atoms with Crippen LogP contribution in [0.1, 0.15) is 34.1 Å². The van der Waals surface area contributed by atoms with Gasteiger partial charge in [0.1, 0.15) is 12.2 Å². The van der Waals surface area contributed by atoms with Crippen molar-refractivity contribution in [1.29, 1.82) is 0 Å². The van der Waals surface area contributed by atoms with Crippen LogP contribution in [0.5, 0.6) is 0 Å². The summed E-state index contributed by atoms with van der Waals surface area (Å²) in [6.07, 6.45) is -2.38. The summed E-state index contributed by atoms with van der Waals surface area (Å²) in [7, 11) is 0. The van der Waals surface area contributed by atoms with E-state index >= 15 is 0 Å². The van der Waals surface area contributed by atoms with Gasteiger partial charge in [0.05, 0.1) is 0 Å². The number of aldehydes is 1. The molecule has 0 aromatic carbocycles. The predicted molar refractivity (Wildman–Crippen MR) is 63.0 cm³/mol. The van der Waals surface area contributed by atoms with E-state index in [1.807, 2.05) is 0 Å². The first-order valence-corrected chi connectivity index (χ1v) is 5.73.